The van der Waals surface area contributed by atoms with Crippen molar-refractivity contribution in [2.75, 3.05) is 6.54 Å². The van der Waals surface area contributed by atoms with E-state index in [-0.39, 0.29) is 6.10 Å². The first-order valence-corrected chi connectivity index (χ1v) is 7.83. The Labute approximate surface area is 122 Å². The third kappa shape index (κ3) is 3.97. The van der Waals surface area contributed by atoms with Gasteiger partial charge >= 0.3 is 0 Å². The molecular formula is C17H28N2O. The van der Waals surface area contributed by atoms with E-state index in [2.05, 4.69) is 44.3 Å². The van der Waals surface area contributed by atoms with Crippen LogP contribution in [0, 0.1) is 5.92 Å². The molecule has 3 heteroatoms. The molecule has 112 valence electrons. The number of nitrogens with two attached hydrogens (primary N) is 1. The SMILES string of the molecule is CC(C)Oc1cccc(C(C)NC2CCCC2CN)c1. The van der Waals surface area contributed by atoms with E-state index in [9.17, 15) is 0 Å². The average Bonchev–Trinajstić information content (AvgIpc) is 2.85. The van der Waals surface area contributed by atoms with E-state index in [0.29, 0.717) is 18.0 Å². The fraction of sp³-hybridized carbons (Fsp3) is 0.647. The van der Waals surface area contributed by atoms with E-state index in [1.54, 1.807) is 0 Å². The van der Waals surface area contributed by atoms with Crippen LogP contribution in [0.5, 0.6) is 5.75 Å². The van der Waals surface area contributed by atoms with Gasteiger partial charge in [0.15, 0.2) is 0 Å². The first kappa shape index (κ1) is 15.3. The van der Waals surface area contributed by atoms with Crippen molar-refractivity contribution in [2.45, 2.75) is 58.2 Å². The largest absolute Gasteiger partial charge is 0.491 e. The van der Waals surface area contributed by atoms with Gasteiger partial charge < -0.3 is 15.8 Å². The zero-order valence-electron chi connectivity index (χ0n) is 12.9. The van der Waals surface area contributed by atoms with E-state index < -0.39 is 0 Å². The Morgan fingerprint density at radius 2 is 2.10 bits per heavy atom. The summed E-state index contributed by atoms with van der Waals surface area (Å²) in [5, 5.41) is 3.74. The fourth-order valence-corrected chi connectivity index (χ4v) is 3.09. The van der Waals surface area contributed by atoms with E-state index in [0.717, 1.165) is 12.3 Å². The maximum absolute atomic E-state index is 5.86. The van der Waals surface area contributed by atoms with Crippen LogP contribution in [0.3, 0.4) is 0 Å². The van der Waals surface area contributed by atoms with Gasteiger partial charge in [-0.2, -0.15) is 0 Å². The van der Waals surface area contributed by atoms with Gasteiger partial charge in [-0.1, -0.05) is 18.6 Å². The van der Waals surface area contributed by atoms with Gasteiger partial charge in [0.2, 0.25) is 0 Å². The highest BCUT2D eigenvalue weighted by Gasteiger charge is 2.27. The van der Waals surface area contributed by atoms with Crippen molar-refractivity contribution in [3.8, 4) is 5.75 Å². The number of benzene rings is 1. The maximum Gasteiger partial charge on any atom is 0.120 e. The second-order valence-electron chi connectivity index (χ2n) is 6.16. The zero-order chi connectivity index (χ0) is 14.5. The molecule has 3 unspecified atom stereocenters. The molecule has 0 heterocycles. The Kier molecular flexibility index (Phi) is 5.44. The molecule has 0 bridgehead atoms. The highest BCUT2D eigenvalue weighted by Crippen LogP contribution is 2.28. The molecule has 0 spiro atoms. The minimum atomic E-state index is 0.213. The molecule has 3 N–H and O–H groups in total. The number of rotatable bonds is 6. The van der Waals surface area contributed by atoms with E-state index >= 15 is 0 Å². The van der Waals surface area contributed by atoms with Crippen LogP contribution < -0.4 is 15.8 Å². The van der Waals surface area contributed by atoms with Crippen molar-refractivity contribution in [1.29, 1.82) is 0 Å². The van der Waals surface area contributed by atoms with Gasteiger partial charge in [0.05, 0.1) is 6.10 Å². The first-order chi connectivity index (χ1) is 9.60. The lowest BCUT2D eigenvalue weighted by molar-refractivity contribution is 0.242. The summed E-state index contributed by atoms with van der Waals surface area (Å²) in [5.41, 5.74) is 7.14. The maximum atomic E-state index is 5.86. The molecule has 20 heavy (non-hydrogen) atoms. The van der Waals surface area contributed by atoms with Crippen LogP contribution in [0.25, 0.3) is 0 Å². The zero-order valence-corrected chi connectivity index (χ0v) is 12.9. The van der Waals surface area contributed by atoms with Gasteiger partial charge in [-0.15, -0.1) is 0 Å². The summed E-state index contributed by atoms with van der Waals surface area (Å²) in [5.74, 6) is 1.58. The lowest BCUT2D eigenvalue weighted by Crippen LogP contribution is -2.37. The molecule has 3 nitrogen and oxygen atoms in total. The molecule has 3 atom stereocenters. The Morgan fingerprint density at radius 3 is 2.80 bits per heavy atom. The number of hydrogen-bond acceptors (Lipinski definition) is 3. The van der Waals surface area contributed by atoms with Crippen LogP contribution in [-0.2, 0) is 0 Å². The Bertz CT molecular complexity index is 419. The molecule has 1 aliphatic rings. The Morgan fingerprint density at radius 1 is 1.30 bits per heavy atom. The van der Waals surface area contributed by atoms with Crippen molar-refractivity contribution in [3.63, 3.8) is 0 Å². The van der Waals surface area contributed by atoms with Crippen LogP contribution in [0.1, 0.15) is 51.6 Å². The van der Waals surface area contributed by atoms with Gasteiger partial charge in [-0.05, 0) is 63.8 Å². The molecular weight excluding hydrogens is 248 g/mol. The van der Waals surface area contributed by atoms with E-state index in [4.69, 9.17) is 10.5 Å². The minimum Gasteiger partial charge on any atom is -0.491 e. The van der Waals surface area contributed by atoms with E-state index in [1.165, 1.54) is 24.8 Å². The molecule has 0 aliphatic heterocycles. The van der Waals surface area contributed by atoms with Crippen LogP contribution in [0.4, 0.5) is 0 Å². The molecule has 0 saturated heterocycles. The van der Waals surface area contributed by atoms with Gasteiger partial charge in [-0.3, -0.25) is 0 Å². The molecule has 1 aromatic rings. The average molecular weight is 276 g/mol. The summed E-state index contributed by atoms with van der Waals surface area (Å²) in [6, 6.07) is 9.29. The topological polar surface area (TPSA) is 47.3 Å². The lowest BCUT2D eigenvalue weighted by atomic mass is 10.0. The minimum absolute atomic E-state index is 0.213. The van der Waals surface area contributed by atoms with Crippen molar-refractivity contribution < 1.29 is 4.74 Å². The standard InChI is InChI=1S/C17H28N2O/c1-12(2)20-16-8-4-6-14(10-16)13(3)19-17-9-5-7-15(17)11-18/h4,6,8,10,12-13,15,17,19H,5,7,9,11,18H2,1-3H3. The predicted molar refractivity (Wildman–Crippen MR) is 83.9 cm³/mol. The highest BCUT2D eigenvalue weighted by atomic mass is 16.5. The van der Waals surface area contributed by atoms with Crippen molar-refractivity contribution in [3.05, 3.63) is 29.8 Å². The third-order valence-corrected chi connectivity index (χ3v) is 4.16. The first-order valence-electron chi connectivity index (χ1n) is 7.83. The molecule has 1 saturated carbocycles. The number of nitrogens with one attached hydrogen (secondary N) is 1. The molecule has 2 rings (SSSR count). The quantitative estimate of drug-likeness (QED) is 0.838. The fourth-order valence-electron chi connectivity index (χ4n) is 3.09. The number of ether oxygens (including phenoxy) is 1. The summed E-state index contributed by atoms with van der Waals surface area (Å²) in [4.78, 5) is 0. The van der Waals surface area contributed by atoms with Gasteiger partial charge in [0, 0.05) is 12.1 Å². The Balaban J connectivity index is 1.99. The van der Waals surface area contributed by atoms with Gasteiger partial charge in [-0.25, -0.2) is 0 Å². The summed E-state index contributed by atoms with van der Waals surface area (Å²) in [6.45, 7) is 7.12. The Hall–Kier alpha value is -1.06. The summed E-state index contributed by atoms with van der Waals surface area (Å²) in [7, 11) is 0. The van der Waals surface area contributed by atoms with Gasteiger partial charge in [0.1, 0.15) is 5.75 Å². The van der Waals surface area contributed by atoms with Crippen LogP contribution in [-0.4, -0.2) is 18.7 Å². The third-order valence-electron chi connectivity index (χ3n) is 4.16. The highest BCUT2D eigenvalue weighted by molar-refractivity contribution is 5.30. The summed E-state index contributed by atoms with van der Waals surface area (Å²) >= 11 is 0. The van der Waals surface area contributed by atoms with Crippen LogP contribution in [0.15, 0.2) is 24.3 Å². The molecule has 1 aliphatic carbocycles. The molecule has 1 fully saturated rings. The smallest absolute Gasteiger partial charge is 0.120 e. The van der Waals surface area contributed by atoms with Crippen molar-refractivity contribution in [1.82, 2.24) is 5.32 Å². The normalized spacial score (nSPS) is 24.1. The summed E-state index contributed by atoms with van der Waals surface area (Å²) in [6.07, 6.45) is 4.01. The molecule has 0 amide bonds. The van der Waals surface area contributed by atoms with Crippen LogP contribution >= 0.6 is 0 Å². The molecule has 1 aromatic carbocycles. The number of hydrogen-bond donors (Lipinski definition) is 2. The van der Waals surface area contributed by atoms with Crippen LogP contribution in [0.2, 0.25) is 0 Å². The van der Waals surface area contributed by atoms with Crippen molar-refractivity contribution >= 4 is 0 Å². The lowest BCUT2D eigenvalue weighted by Gasteiger charge is -2.25. The molecule has 0 radical (unpaired) electrons. The molecule has 0 aromatic heterocycles. The monoisotopic (exact) mass is 276 g/mol. The second-order valence-corrected chi connectivity index (χ2v) is 6.16. The van der Waals surface area contributed by atoms with Gasteiger partial charge in [0.25, 0.3) is 0 Å². The van der Waals surface area contributed by atoms with E-state index in [1.807, 2.05) is 6.07 Å². The second kappa shape index (κ2) is 7.09. The predicted octanol–water partition coefficient (Wildman–Crippen LogP) is 3.25. The van der Waals surface area contributed by atoms with Crippen molar-refractivity contribution in [2.24, 2.45) is 11.7 Å². The summed E-state index contributed by atoms with van der Waals surface area (Å²) < 4.78 is 5.77.